The van der Waals surface area contributed by atoms with Crippen LogP contribution in [0.4, 0.5) is 8.78 Å². The molecule has 1 heterocycles. The molecule has 0 spiro atoms. The fraction of sp³-hybridized carbons (Fsp3) is 0.333. The predicted octanol–water partition coefficient (Wildman–Crippen LogP) is 3.15. The summed E-state index contributed by atoms with van der Waals surface area (Å²) in [7, 11) is 0. The fourth-order valence-corrected chi connectivity index (χ4v) is 2.35. The normalized spacial score (nSPS) is 10.8. The highest BCUT2D eigenvalue weighted by molar-refractivity contribution is 14.1. The summed E-state index contributed by atoms with van der Waals surface area (Å²) in [5.41, 5.74) is 0.0605. The van der Waals surface area contributed by atoms with Crippen molar-refractivity contribution in [3.8, 4) is 0 Å². The van der Waals surface area contributed by atoms with Gasteiger partial charge in [0, 0.05) is 20.7 Å². The van der Waals surface area contributed by atoms with Crippen LogP contribution in [0.1, 0.15) is 23.2 Å². The first-order valence-corrected chi connectivity index (χ1v) is 6.39. The van der Waals surface area contributed by atoms with Crippen molar-refractivity contribution in [1.29, 1.82) is 0 Å². The molecule has 0 aliphatic carbocycles. The molecule has 0 saturated heterocycles. The Morgan fingerprint density at radius 1 is 1.62 bits per heavy atom. The third kappa shape index (κ3) is 3.09. The van der Waals surface area contributed by atoms with Crippen molar-refractivity contribution in [1.82, 2.24) is 4.98 Å². The topological polar surface area (TPSA) is 50.2 Å². The van der Waals surface area contributed by atoms with Crippen molar-refractivity contribution in [2.75, 3.05) is 0 Å². The molecule has 0 unspecified atom stereocenters. The molecule has 1 aromatic rings. The second kappa shape index (κ2) is 5.85. The lowest BCUT2D eigenvalue weighted by atomic mass is 10.0. The van der Waals surface area contributed by atoms with Crippen LogP contribution < -0.4 is 0 Å². The molecule has 0 fully saturated rings. The Bertz CT molecular complexity index is 415. The van der Waals surface area contributed by atoms with Crippen LogP contribution in [0.2, 0.25) is 0 Å². The number of aliphatic carboxylic acids is 1. The highest BCUT2D eigenvalue weighted by atomic mass is 127. The van der Waals surface area contributed by atoms with Gasteiger partial charge in [-0.2, -0.15) is 0 Å². The van der Waals surface area contributed by atoms with Gasteiger partial charge in [0.15, 0.2) is 0 Å². The molecular formula is C9H7BrF2INO2. The molecule has 0 atom stereocenters. The quantitative estimate of drug-likeness (QED) is 0.618. The van der Waals surface area contributed by atoms with Crippen LogP contribution in [0.5, 0.6) is 0 Å². The van der Waals surface area contributed by atoms with Crippen LogP contribution in [0.25, 0.3) is 0 Å². The summed E-state index contributed by atoms with van der Waals surface area (Å²) < 4.78 is 26.1. The minimum Gasteiger partial charge on any atom is -0.481 e. The number of alkyl halides is 3. The Morgan fingerprint density at radius 2 is 2.25 bits per heavy atom. The number of halogens is 4. The zero-order chi connectivity index (χ0) is 12.3. The molecule has 0 radical (unpaired) electrons. The number of hydrogen-bond acceptors (Lipinski definition) is 2. The van der Waals surface area contributed by atoms with E-state index in [1.807, 2.05) is 22.6 Å². The van der Waals surface area contributed by atoms with E-state index < -0.39 is 18.8 Å². The molecule has 3 nitrogen and oxygen atoms in total. The van der Waals surface area contributed by atoms with Crippen LogP contribution in [0.3, 0.4) is 0 Å². The average molecular weight is 406 g/mol. The highest BCUT2D eigenvalue weighted by Gasteiger charge is 2.22. The molecule has 0 aromatic carbocycles. The number of carboxylic acid groups (broad SMARTS) is 1. The summed E-state index contributed by atoms with van der Waals surface area (Å²) in [6.45, 7) is 0. The summed E-state index contributed by atoms with van der Waals surface area (Å²) >= 11 is 4.87. The Morgan fingerprint density at radius 3 is 2.69 bits per heavy atom. The molecule has 7 heteroatoms. The minimum absolute atomic E-state index is 0.146. The molecule has 16 heavy (non-hydrogen) atoms. The number of pyridine rings is 1. The first kappa shape index (κ1) is 13.8. The van der Waals surface area contributed by atoms with Crippen molar-refractivity contribution >= 4 is 44.5 Å². The monoisotopic (exact) mass is 405 g/mol. The Kier molecular flexibility index (Phi) is 5.03. The Balaban J connectivity index is 3.35. The lowest BCUT2D eigenvalue weighted by Crippen LogP contribution is -2.10. The largest absolute Gasteiger partial charge is 0.481 e. The van der Waals surface area contributed by atoms with Gasteiger partial charge in [0.05, 0.1) is 12.1 Å². The maximum Gasteiger partial charge on any atom is 0.307 e. The number of rotatable bonds is 4. The van der Waals surface area contributed by atoms with Gasteiger partial charge in [-0.15, -0.1) is 0 Å². The van der Waals surface area contributed by atoms with E-state index in [-0.39, 0.29) is 22.2 Å². The van der Waals surface area contributed by atoms with Crippen LogP contribution in [0, 0.1) is 3.57 Å². The van der Waals surface area contributed by atoms with Gasteiger partial charge >= 0.3 is 5.97 Å². The second-order valence-corrected chi connectivity index (χ2v) is 4.67. The lowest BCUT2D eigenvalue weighted by Gasteiger charge is -2.12. The molecule has 88 valence electrons. The van der Waals surface area contributed by atoms with Crippen LogP contribution in [0.15, 0.2) is 6.20 Å². The van der Waals surface area contributed by atoms with Crippen molar-refractivity contribution < 1.29 is 18.7 Å². The predicted molar refractivity (Wildman–Crippen MR) is 65.9 cm³/mol. The van der Waals surface area contributed by atoms with E-state index >= 15 is 0 Å². The van der Waals surface area contributed by atoms with Crippen molar-refractivity contribution in [2.45, 2.75) is 18.2 Å². The Hall–Kier alpha value is -0.310. The van der Waals surface area contributed by atoms with Gasteiger partial charge in [-0.25, -0.2) is 8.78 Å². The number of hydrogen-bond donors (Lipinski definition) is 1. The summed E-state index contributed by atoms with van der Waals surface area (Å²) in [4.78, 5) is 14.5. The van der Waals surface area contributed by atoms with Gasteiger partial charge in [0.1, 0.15) is 0 Å². The zero-order valence-electron chi connectivity index (χ0n) is 7.88. The third-order valence-electron chi connectivity index (χ3n) is 1.93. The molecule has 0 bridgehead atoms. The van der Waals surface area contributed by atoms with Crippen molar-refractivity contribution in [3.05, 3.63) is 26.6 Å². The zero-order valence-corrected chi connectivity index (χ0v) is 11.6. The Labute approximate surface area is 113 Å². The number of aromatic nitrogens is 1. The van der Waals surface area contributed by atoms with Gasteiger partial charge in [-0.3, -0.25) is 9.78 Å². The van der Waals surface area contributed by atoms with E-state index in [1.165, 1.54) is 6.20 Å². The molecule has 0 saturated carbocycles. The van der Waals surface area contributed by atoms with E-state index in [1.54, 1.807) is 0 Å². The molecule has 0 aliphatic rings. The molecule has 1 rings (SSSR count). The SMILES string of the molecule is O=C(O)Cc1c(I)cnc(CBr)c1C(F)F. The molecule has 1 aromatic heterocycles. The number of nitrogens with zero attached hydrogens (tertiary/aromatic N) is 1. The first-order chi connectivity index (χ1) is 7.47. The third-order valence-corrected chi connectivity index (χ3v) is 3.39. The summed E-state index contributed by atoms with van der Waals surface area (Å²) in [5, 5.41) is 8.86. The molecule has 0 amide bonds. The molecule has 1 N–H and O–H groups in total. The summed E-state index contributed by atoms with van der Waals surface area (Å²) in [5.74, 6) is -1.13. The minimum atomic E-state index is -2.72. The van der Waals surface area contributed by atoms with Gasteiger partial charge in [0.2, 0.25) is 0 Å². The molecule has 0 aliphatic heterocycles. The van der Waals surface area contributed by atoms with E-state index in [9.17, 15) is 13.6 Å². The summed E-state index contributed by atoms with van der Waals surface area (Å²) in [6.07, 6.45) is -1.73. The first-order valence-electron chi connectivity index (χ1n) is 4.19. The van der Waals surface area contributed by atoms with E-state index in [0.29, 0.717) is 3.57 Å². The molecular weight excluding hydrogens is 399 g/mol. The maximum atomic E-state index is 12.8. The van der Waals surface area contributed by atoms with Crippen molar-refractivity contribution in [2.24, 2.45) is 0 Å². The van der Waals surface area contributed by atoms with Crippen LogP contribution >= 0.6 is 38.5 Å². The van der Waals surface area contributed by atoms with E-state index in [2.05, 4.69) is 20.9 Å². The van der Waals surface area contributed by atoms with Crippen LogP contribution in [-0.2, 0) is 16.5 Å². The highest BCUT2D eigenvalue weighted by Crippen LogP contribution is 2.30. The maximum absolute atomic E-state index is 12.8. The summed E-state index contributed by atoms with van der Waals surface area (Å²) in [6, 6.07) is 0. The van der Waals surface area contributed by atoms with E-state index in [4.69, 9.17) is 5.11 Å². The van der Waals surface area contributed by atoms with Gasteiger partial charge in [-0.05, 0) is 28.2 Å². The smallest absolute Gasteiger partial charge is 0.307 e. The van der Waals surface area contributed by atoms with Crippen molar-refractivity contribution in [3.63, 3.8) is 0 Å². The van der Waals surface area contributed by atoms with Gasteiger partial charge in [0.25, 0.3) is 6.43 Å². The lowest BCUT2D eigenvalue weighted by molar-refractivity contribution is -0.136. The standard InChI is InChI=1S/C9H7BrF2INO2/c10-2-6-8(9(11)12)4(1-7(15)16)5(13)3-14-6/h3,9H,1-2H2,(H,15,16). The van der Waals surface area contributed by atoms with E-state index in [0.717, 1.165) is 0 Å². The fourth-order valence-electron chi connectivity index (χ4n) is 1.28. The second-order valence-electron chi connectivity index (χ2n) is 2.95. The average Bonchev–Trinajstić information content (AvgIpc) is 2.19. The van der Waals surface area contributed by atoms with Crippen LogP contribution in [-0.4, -0.2) is 16.1 Å². The number of carbonyl (C=O) groups is 1. The van der Waals surface area contributed by atoms with Gasteiger partial charge < -0.3 is 5.11 Å². The van der Waals surface area contributed by atoms with Gasteiger partial charge in [-0.1, -0.05) is 15.9 Å². The number of carboxylic acids is 1.